The van der Waals surface area contributed by atoms with Gasteiger partial charge >= 0.3 is 0 Å². The number of imidazole rings is 1. The Balaban J connectivity index is 0.994. The van der Waals surface area contributed by atoms with Gasteiger partial charge in [0.1, 0.15) is 24.2 Å². The standard InChI is InChI=1S/C33H35Cl2N5O5/c1-42-31-5-3-2-4-30(31)37-32(41)19-38-14-16-40(17-15-38)25-7-9-26(10-8-25)43-20-27-21-44-33(45-27,22-39-13-12-36-23-39)28-11-6-24(34)18-29(28)35/h2-13,18,23,27H,14-17,19-22H2,1H3,(H,37,41)/t27-,33-/m1/s1. The molecule has 2 aliphatic rings. The average Bonchev–Trinajstić information content (AvgIpc) is 3.71. The average molecular weight is 653 g/mol. The molecule has 4 aromatic rings. The van der Waals surface area contributed by atoms with Crippen LogP contribution in [0.25, 0.3) is 0 Å². The van der Waals surface area contributed by atoms with Crippen molar-refractivity contribution in [3.05, 3.63) is 101 Å². The van der Waals surface area contributed by atoms with Gasteiger partial charge in [0.15, 0.2) is 0 Å². The number of nitrogens with zero attached hydrogens (tertiary/aromatic N) is 4. The van der Waals surface area contributed by atoms with Crippen molar-refractivity contribution in [3.63, 3.8) is 0 Å². The number of anilines is 2. The first-order valence-corrected chi connectivity index (χ1v) is 15.5. The largest absolute Gasteiger partial charge is 0.495 e. The topological polar surface area (TPSA) is 90.3 Å². The highest BCUT2D eigenvalue weighted by Crippen LogP contribution is 2.40. The highest BCUT2D eigenvalue weighted by Gasteiger charge is 2.45. The number of rotatable bonds is 11. The van der Waals surface area contributed by atoms with E-state index in [4.69, 9.17) is 42.1 Å². The summed E-state index contributed by atoms with van der Waals surface area (Å²) in [6.07, 6.45) is 4.96. The lowest BCUT2D eigenvalue weighted by Crippen LogP contribution is -2.48. The molecular weight excluding hydrogens is 617 g/mol. The van der Waals surface area contributed by atoms with Gasteiger partial charge in [-0.3, -0.25) is 9.69 Å². The molecule has 0 radical (unpaired) electrons. The van der Waals surface area contributed by atoms with E-state index in [1.807, 2.05) is 53.2 Å². The van der Waals surface area contributed by atoms with Crippen LogP contribution < -0.4 is 19.7 Å². The van der Waals surface area contributed by atoms with Gasteiger partial charge in [-0.2, -0.15) is 0 Å². The summed E-state index contributed by atoms with van der Waals surface area (Å²) in [7, 11) is 1.59. The Bertz CT molecular complexity index is 1580. The van der Waals surface area contributed by atoms with Gasteiger partial charge < -0.3 is 33.7 Å². The van der Waals surface area contributed by atoms with Gasteiger partial charge in [-0.15, -0.1) is 0 Å². The Morgan fingerprint density at radius 2 is 1.87 bits per heavy atom. The van der Waals surface area contributed by atoms with Crippen molar-refractivity contribution in [2.75, 3.05) is 63.3 Å². The number of aromatic nitrogens is 2. The molecule has 0 unspecified atom stereocenters. The molecule has 3 heterocycles. The first kappa shape index (κ1) is 31.2. The first-order chi connectivity index (χ1) is 21.9. The number of para-hydroxylation sites is 2. The monoisotopic (exact) mass is 651 g/mol. The number of carbonyl (C=O) groups excluding carboxylic acids is 1. The van der Waals surface area contributed by atoms with E-state index >= 15 is 0 Å². The van der Waals surface area contributed by atoms with Gasteiger partial charge in [0.2, 0.25) is 11.7 Å². The number of piperazine rings is 1. The summed E-state index contributed by atoms with van der Waals surface area (Å²) < 4.78 is 26.1. The number of hydrogen-bond acceptors (Lipinski definition) is 8. The van der Waals surface area contributed by atoms with E-state index in [0.717, 1.165) is 37.6 Å². The van der Waals surface area contributed by atoms with E-state index in [1.165, 1.54) is 0 Å². The van der Waals surface area contributed by atoms with Gasteiger partial charge in [-0.25, -0.2) is 4.98 Å². The number of benzene rings is 3. The van der Waals surface area contributed by atoms with Crippen molar-refractivity contribution in [1.82, 2.24) is 14.5 Å². The summed E-state index contributed by atoms with van der Waals surface area (Å²) in [4.78, 5) is 21.2. The van der Waals surface area contributed by atoms with Crippen molar-refractivity contribution in [2.45, 2.75) is 18.4 Å². The van der Waals surface area contributed by atoms with E-state index in [0.29, 0.717) is 53.3 Å². The van der Waals surface area contributed by atoms with Gasteiger partial charge in [0, 0.05) is 54.8 Å². The fraction of sp³-hybridized carbons (Fsp3) is 0.333. The second-order valence-corrected chi connectivity index (χ2v) is 11.8. The first-order valence-electron chi connectivity index (χ1n) is 14.8. The summed E-state index contributed by atoms with van der Waals surface area (Å²) >= 11 is 12.7. The fourth-order valence-electron chi connectivity index (χ4n) is 5.62. The number of amides is 1. The molecule has 1 amide bonds. The summed E-state index contributed by atoms with van der Waals surface area (Å²) in [5.41, 5.74) is 2.49. The van der Waals surface area contributed by atoms with E-state index in [9.17, 15) is 4.79 Å². The zero-order valence-electron chi connectivity index (χ0n) is 24.9. The number of methoxy groups -OCH3 is 1. The minimum Gasteiger partial charge on any atom is -0.495 e. The van der Waals surface area contributed by atoms with E-state index < -0.39 is 5.79 Å². The Hall–Kier alpha value is -3.80. The maximum atomic E-state index is 12.6. The maximum absolute atomic E-state index is 12.6. The fourth-order valence-corrected chi connectivity index (χ4v) is 6.18. The SMILES string of the molecule is COc1ccccc1NC(=O)CN1CCN(c2ccc(OC[C@@H]3CO[C@@](Cn4ccnc4)(c4ccc(Cl)cc4Cl)O3)cc2)CC1. The predicted molar refractivity (Wildman–Crippen MR) is 173 cm³/mol. The third-order valence-corrected chi connectivity index (χ3v) is 8.46. The molecule has 12 heteroatoms. The normalized spacial score (nSPS) is 20.2. The Morgan fingerprint density at radius 1 is 1.07 bits per heavy atom. The Morgan fingerprint density at radius 3 is 2.60 bits per heavy atom. The van der Waals surface area contributed by atoms with Crippen LogP contribution in [-0.4, -0.2) is 79.5 Å². The summed E-state index contributed by atoms with van der Waals surface area (Å²) in [6, 6.07) is 20.8. The molecule has 0 spiro atoms. The molecule has 2 saturated heterocycles. The van der Waals surface area contributed by atoms with Crippen molar-refractivity contribution >= 4 is 40.5 Å². The molecular formula is C33H35Cl2N5O5. The van der Waals surface area contributed by atoms with E-state index in [-0.39, 0.29) is 12.0 Å². The number of nitrogens with one attached hydrogen (secondary N) is 1. The van der Waals surface area contributed by atoms with Crippen molar-refractivity contribution in [3.8, 4) is 11.5 Å². The van der Waals surface area contributed by atoms with Crippen LogP contribution >= 0.6 is 23.2 Å². The van der Waals surface area contributed by atoms with Crippen LogP contribution in [0.1, 0.15) is 5.56 Å². The second kappa shape index (κ2) is 14.1. The molecule has 6 rings (SSSR count). The van der Waals surface area contributed by atoms with Gasteiger partial charge in [-0.1, -0.05) is 41.4 Å². The molecule has 0 saturated carbocycles. The van der Waals surface area contributed by atoms with Crippen LogP contribution in [-0.2, 0) is 26.6 Å². The van der Waals surface area contributed by atoms with Crippen LogP contribution in [0, 0.1) is 0 Å². The van der Waals surface area contributed by atoms with Crippen molar-refractivity contribution in [1.29, 1.82) is 0 Å². The minimum absolute atomic E-state index is 0.0543. The molecule has 1 N–H and O–H groups in total. The quantitative estimate of drug-likeness (QED) is 0.234. The summed E-state index contributed by atoms with van der Waals surface area (Å²) in [5, 5.41) is 3.96. The smallest absolute Gasteiger partial charge is 0.238 e. The second-order valence-electron chi connectivity index (χ2n) is 11.0. The predicted octanol–water partition coefficient (Wildman–Crippen LogP) is 5.31. The molecule has 45 heavy (non-hydrogen) atoms. The molecule has 10 nitrogen and oxygen atoms in total. The molecule has 2 aliphatic heterocycles. The van der Waals surface area contributed by atoms with Crippen LogP contribution in [0.2, 0.25) is 10.0 Å². The van der Waals surface area contributed by atoms with Crippen LogP contribution in [0.3, 0.4) is 0 Å². The zero-order valence-corrected chi connectivity index (χ0v) is 26.4. The van der Waals surface area contributed by atoms with Crippen LogP contribution in [0.5, 0.6) is 11.5 Å². The molecule has 236 valence electrons. The molecule has 3 aromatic carbocycles. The van der Waals surface area contributed by atoms with E-state index in [1.54, 1.807) is 31.8 Å². The molecule has 2 atom stereocenters. The highest BCUT2D eigenvalue weighted by atomic mass is 35.5. The van der Waals surface area contributed by atoms with Gasteiger partial charge in [0.25, 0.3) is 0 Å². The number of carbonyl (C=O) groups is 1. The highest BCUT2D eigenvalue weighted by molar-refractivity contribution is 6.35. The lowest BCUT2D eigenvalue weighted by Gasteiger charge is -2.35. The van der Waals surface area contributed by atoms with Crippen molar-refractivity contribution in [2.24, 2.45) is 0 Å². The maximum Gasteiger partial charge on any atom is 0.238 e. The third-order valence-electron chi connectivity index (χ3n) is 7.91. The van der Waals surface area contributed by atoms with Gasteiger partial charge in [0.05, 0.1) is 43.8 Å². The number of ether oxygens (including phenoxy) is 4. The molecule has 0 bridgehead atoms. The summed E-state index contributed by atoms with van der Waals surface area (Å²) in [6.45, 7) is 4.57. The van der Waals surface area contributed by atoms with Crippen LogP contribution in [0.15, 0.2) is 85.5 Å². The lowest BCUT2D eigenvalue weighted by molar-refractivity contribution is -0.189. The molecule has 1 aromatic heterocycles. The Labute approximate surface area is 272 Å². The van der Waals surface area contributed by atoms with Gasteiger partial charge in [-0.05, 0) is 48.5 Å². The van der Waals surface area contributed by atoms with E-state index in [2.05, 4.69) is 32.2 Å². The minimum atomic E-state index is -1.10. The third kappa shape index (κ3) is 7.54. The lowest BCUT2D eigenvalue weighted by atomic mass is 10.1. The molecule has 0 aliphatic carbocycles. The van der Waals surface area contributed by atoms with Crippen molar-refractivity contribution < 1.29 is 23.7 Å². The molecule has 2 fully saturated rings. The van der Waals surface area contributed by atoms with Crippen LogP contribution in [0.4, 0.5) is 11.4 Å². The summed E-state index contributed by atoms with van der Waals surface area (Å²) in [5.74, 6) is 0.234. The number of hydrogen-bond donors (Lipinski definition) is 1. The Kier molecular flexibility index (Phi) is 9.77. The zero-order chi connectivity index (χ0) is 31.2. The number of halogens is 2.